The number of nitrogens with one attached hydrogen (secondary N) is 2. The van der Waals surface area contributed by atoms with Gasteiger partial charge in [0.25, 0.3) is 0 Å². The Kier molecular flexibility index (Phi) is 4.44. The van der Waals surface area contributed by atoms with Gasteiger partial charge >= 0.3 is 6.09 Å². The van der Waals surface area contributed by atoms with E-state index in [9.17, 15) is 14.7 Å². The van der Waals surface area contributed by atoms with Crippen LogP contribution in [-0.4, -0.2) is 45.1 Å². The van der Waals surface area contributed by atoms with Crippen molar-refractivity contribution < 1.29 is 14.7 Å². The Hall–Kier alpha value is -2.50. The number of rotatable bonds is 4. The number of benzene rings is 1. The van der Waals surface area contributed by atoms with E-state index in [1.807, 2.05) is 35.4 Å². The number of carbonyl (C=O) groups excluding carboxylic acids is 1. The molecule has 29 heavy (non-hydrogen) atoms. The van der Waals surface area contributed by atoms with Crippen molar-refractivity contribution in [2.24, 2.45) is 10.8 Å². The van der Waals surface area contributed by atoms with Crippen LogP contribution in [0.2, 0.25) is 0 Å². The molecule has 0 spiro atoms. The van der Waals surface area contributed by atoms with Crippen LogP contribution in [0, 0.1) is 10.8 Å². The summed E-state index contributed by atoms with van der Waals surface area (Å²) in [5.74, 6) is -0.114. The number of nitrogens with zero attached hydrogens (tertiary/aromatic N) is 1. The molecule has 4 rings (SSSR count). The van der Waals surface area contributed by atoms with Gasteiger partial charge in [0.15, 0.2) is 0 Å². The SMILES string of the molecule is CC1(C)CC2CC(C)(CN2C(=O)C(C)(Cc2c[nH]c3ccccc23)NC(=O)O)C1. The number of amides is 2. The van der Waals surface area contributed by atoms with Crippen LogP contribution in [0.5, 0.6) is 0 Å². The monoisotopic (exact) mass is 397 g/mol. The number of H-pyrrole nitrogens is 1. The van der Waals surface area contributed by atoms with Crippen LogP contribution < -0.4 is 5.32 Å². The molecule has 6 nitrogen and oxygen atoms in total. The number of carbonyl (C=O) groups is 2. The third-order valence-corrected chi connectivity index (χ3v) is 6.75. The summed E-state index contributed by atoms with van der Waals surface area (Å²) in [7, 11) is 0. The highest BCUT2D eigenvalue weighted by atomic mass is 16.4. The first kappa shape index (κ1) is 19.8. The first-order valence-electron chi connectivity index (χ1n) is 10.4. The van der Waals surface area contributed by atoms with Crippen LogP contribution in [0.3, 0.4) is 0 Å². The van der Waals surface area contributed by atoms with Gasteiger partial charge < -0.3 is 20.3 Å². The summed E-state index contributed by atoms with van der Waals surface area (Å²) in [5.41, 5.74) is 1.01. The molecule has 1 aromatic heterocycles. The van der Waals surface area contributed by atoms with Crippen LogP contribution in [0.15, 0.2) is 30.5 Å². The van der Waals surface area contributed by atoms with Gasteiger partial charge in [-0.05, 0) is 48.6 Å². The quantitative estimate of drug-likeness (QED) is 0.724. The van der Waals surface area contributed by atoms with Crippen LogP contribution in [0.4, 0.5) is 4.79 Å². The molecule has 2 heterocycles. The van der Waals surface area contributed by atoms with E-state index >= 15 is 0 Å². The lowest BCUT2D eigenvalue weighted by molar-refractivity contribution is -0.138. The summed E-state index contributed by atoms with van der Waals surface area (Å²) >= 11 is 0. The van der Waals surface area contributed by atoms with E-state index < -0.39 is 11.6 Å². The van der Waals surface area contributed by atoms with Crippen molar-refractivity contribution in [1.29, 1.82) is 0 Å². The number of carboxylic acid groups (broad SMARTS) is 1. The number of likely N-dealkylation sites (tertiary alicyclic amines) is 1. The molecule has 2 fully saturated rings. The minimum absolute atomic E-state index is 0.104. The van der Waals surface area contributed by atoms with E-state index in [0.29, 0.717) is 13.0 Å². The molecule has 0 radical (unpaired) electrons. The average molecular weight is 398 g/mol. The van der Waals surface area contributed by atoms with E-state index in [1.165, 1.54) is 0 Å². The Morgan fingerprint density at radius 2 is 2.00 bits per heavy atom. The number of hydrogen-bond donors (Lipinski definition) is 3. The topological polar surface area (TPSA) is 85.4 Å². The van der Waals surface area contributed by atoms with Crippen LogP contribution >= 0.6 is 0 Å². The maximum atomic E-state index is 13.8. The maximum Gasteiger partial charge on any atom is 0.405 e. The van der Waals surface area contributed by atoms with Crippen molar-refractivity contribution >= 4 is 22.9 Å². The van der Waals surface area contributed by atoms with Crippen molar-refractivity contribution in [2.45, 2.75) is 65.0 Å². The highest BCUT2D eigenvalue weighted by Crippen LogP contribution is 2.52. The lowest BCUT2D eigenvalue weighted by atomic mass is 9.65. The molecule has 2 aromatic rings. The van der Waals surface area contributed by atoms with Gasteiger partial charge in [0.1, 0.15) is 5.54 Å². The number of hydrogen-bond acceptors (Lipinski definition) is 2. The molecule has 2 amide bonds. The molecule has 3 atom stereocenters. The summed E-state index contributed by atoms with van der Waals surface area (Å²) in [5, 5.41) is 13.1. The number of fused-ring (bicyclic) bond motifs is 3. The second-order valence-corrected chi connectivity index (χ2v) is 10.4. The third-order valence-electron chi connectivity index (χ3n) is 6.75. The predicted octanol–water partition coefficient (Wildman–Crippen LogP) is 4.16. The summed E-state index contributed by atoms with van der Waals surface area (Å²) in [6.45, 7) is 9.22. The van der Waals surface area contributed by atoms with E-state index in [1.54, 1.807) is 6.92 Å². The molecule has 6 heteroatoms. The van der Waals surface area contributed by atoms with Gasteiger partial charge in [-0.1, -0.05) is 39.0 Å². The molecular weight excluding hydrogens is 366 g/mol. The Morgan fingerprint density at radius 3 is 2.72 bits per heavy atom. The van der Waals surface area contributed by atoms with Gasteiger partial charge in [-0.2, -0.15) is 0 Å². The normalized spacial score (nSPS) is 27.6. The summed E-state index contributed by atoms with van der Waals surface area (Å²) in [6, 6.07) is 8.06. The molecule has 1 saturated carbocycles. The fraction of sp³-hybridized carbons (Fsp3) is 0.565. The number of aromatic amines is 1. The Labute approximate surface area is 171 Å². The van der Waals surface area contributed by atoms with E-state index in [0.717, 1.165) is 35.7 Å². The molecule has 156 valence electrons. The minimum atomic E-state index is -1.21. The van der Waals surface area contributed by atoms with Gasteiger partial charge in [0.2, 0.25) is 5.91 Å². The Bertz CT molecular complexity index is 965. The number of aromatic nitrogens is 1. The van der Waals surface area contributed by atoms with Gasteiger partial charge in [0.05, 0.1) is 0 Å². The van der Waals surface area contributed by atoms with E-state index in [4.69, 9.17) is 0 Å². The van der Waals surface area contributed by atoms with Crippen LogP contribution in [0.1, 0.15) is 52.5 Å². The van der Waals surface area contributed by atoms with Gasteiger partial charge in [0, 0.05) is 36.1 Å². The summed E-state index contributed by atoms with van der Waals surface area (Å²) in [4.78, 5) is 30.6. The smallest absolute Gasteiger partial charge is 0.405 e. The zero-order valence-electron chi connectivity index (χ0n) is 17.7. The van der Waals surface area contributed by atoms with Crippen LogP contribution in [0.25, 0.3) is 10.9 Å². The lowest BCUT2D eigenvalue weighted by Crippen LogP contribution is -2.59. The van der Waals surface area contributed by atoms with Crippen molar-refractivity contribution in [3.63, 3.8) is 0 Å². The first-order chi connectivity index (χ1) is 13.5. The highest BCUT2D eigenvalue weighted by molar-refractivity contribution is 5.91. The highest BCUT2D eigenvalue weighted by Gasteiger charge is 2.53. The van der Waals surface area contributed by atoms with Crippen molar-refractivity contribution in [3.05, 3.63) is 36.0 Å². The van der Waals surface area contributed by atoms with E-state index in [-0.39, 0.29) is 22.8 Å². The Balaban J connectivity index is 1.66. The number of para-hydroxylation sites is 1. The molecule has 2 bridgehead atoms. The summed E-state index contributed by atoms with van der Waals surface area (Å²) in [6.07, 6.45) is 4.07. The van der Waals surface area contributed by atoms with E-state index in [2.05, 4.69) is 31.1 Å². The largest absolute Gasteiger partial charge is 0.465 e. The molecule has 3 N–H and O–H groups in total. The minimum Gasteiger partial charge on any atom is -0.465 e. The average Bonchev–Trinajstić information content (AvgIpc) is 3.10. The molecule has 1 aliphatic heterocycles. The molecular formula is C23H31N3O3. The van der Waals surface area contributed by atoms with Gasteiger partial charge in [-0.15, -0.1) is 0 Å². The van der Waals surface area contributed by atoms with Crippen LogP contribution in [-0.2, 0) is 11.2 Å². The third kappa shape index (κ3) is 3.61. The fourth-order valence-electron chi connectivity index (χ4n) is 6.08. The van der Waals surface area contributed by atoms with Crippen molar-refractivity contribution in [1.82, 2.24) is 15.2 Å². The molecule has 1 saturated heterocycles. The summed E-state index contributed by atoms with van der Waals surface area (Å²) < 4.78 is 0. The predicted molar refractivity (Wildman–Crippen MR) is 113 cm³/mol. The lowest BCUT2D eigenvalue weighted by Gasteiger charge is -2.40. The molecule has 2 aliphatic rings. The molecule has 1 aromatic carbocycles. The zero-order chi connectivity index (χ0) is 21.0. The maximum absolute atomic E-state index is 13.8. The zero-order valence-corrected chi connectivity index (χ0v) is 17.7. The van der Waals surface area contributed by atoms with Gasteiger partial charge in [-0.3, -0.25) is 4.79 Å². The van der Waals surface area contributed by atoms with Gasteiger partial charge in [-0.25, -0.2) is 4.79 Å². The second kappa shape index (κ2) is 6.51. The fourth-order valence-corrected chi connectivity index (χ4v) is 6.08. The molecule has 3 unspecified atom stereocenters. The first-order valence-corrected chi connectivity index (χ1v) is 10.4. The molecule has 1 aliphatic carbocycles. The Morgan fingerprint density at radius 1 is 1.28 bits per heavy atom. The van der Waals surface area contributed by atoms with Crippen molar-refractivity contribution in [2.75, 3.05) is 6.54 Å². The van der Waals surface area contributed by atoms with Crippen molar-refractivity contribution in [3.8, 4) is 0 Å². The second-order valence-electron chi connectivity index (χ2n) is 10.4. The standard InChI is InChI=1S/C23H31N3O3/c1-21(2)10-16-11-22(3,13-21)14-26(16)19(27)23(4,25-20(28)29)9-15-12-24-18-8-6-5-7-17(15)18/h5-8,12,16,24-25H,9-11,13-14H2,1-4H3,(H,28,29).